The number of nitrogens with zero attached hydrogens (tertiary/aromatic N) is 1. The zero-order chi connectivity index (χ0) is 31.3. The van der Waals surface area contributed by atoms with Crippen LogP contribution in [-0.2, 0) is 11.8 Å². The highest BCUT2D eigenvalue weighted by molar-refractivity contribution is 6.09. The monoisotopic (exact) mass is 601 g/mol. The van der Waals surface area contributed by atoms with Gasteiger partial charge in [-0.05, 0) is 86.0 Å². The first kappa shape index (κ1) is 26.5. The second-order valence-corrected chi connectivity index (χ2v) is 13.5. The van der Waals surface area contributed by atoms with Crippen molar-refractivity contribution >= 4 is 21.9 Å². The summed E-state index contributed by atoms with van der Waals surface area (Å²) in [7, 11) is 0. The maximum atomic E-state index is 6.36. The second-order valence-electron chi connectivity index (χ2n) is 13.5. The van der Waals surface area contributed by atoms with Crippen LogP contribution in [0.5, 0.6) is 0 Å². The standard InChI is InChI=1S/C45H31NO/c1-45(2)39-18-5-3-12-32(39)33-21-20-28(25-40(33)45)27-10-7-11-29(24-27)30-14-8-15-31-34-22-23-41(46-42(34)26-38(30)31)37-17-9-16-36-35-13-4-6-19-43(35)47-44(36)37/h3-25H,26H2,1-2H3. The lowest BCUT2D eigenvalue weighted by molar-refractivity contribution is 0.660. The van der Waals surface area contributed by atoms with Gasteiger partial charge in [0.1, 0.15) is 11.2 Å². The van der Waals surface area contributed by atoms with Crippen molar-refractivity contribution in [1.82, 2.24) is 4.98 Å². The Morgan fingerprint density at radius 1 is 0.511 bits per heavy atom. The number of hydrogen-bond donors (Lipinski definition) is 0. The third-order valence-corrected chi connectivity index (χ3v) is 10.6. The van der Waals surface area contributed by atoms with Crippen molar-refractivity contribution in [3.63, 3.8) is 0 Å². The van der Waals surface area contributed by atoms with Gasteiger partial charge >= 0.3 is 0 Å². The van der Waals surface area contributed by atoms with E-state index in [2.05, 4.69) is 141 Å². The molecule has 0 unspecified atom stereocenters. The largest absolute Gasteiger partial charge is 0.455 e. The van der Waals surface area contributed by atoms with Crippen LogP contribution < -0.4 is 0 Å². The smallest absolute Gasteiger partial charge is 0.144 e. The number of pyridine rings is 1. The number of hydrogen-bond acceptors (Lipinski definition) is 2. The van der Waals surface area contributed by atoms with Crippen molar-refractivity contribution in [2.75, 3.05) is 0 Å². The number of benzene rings is 6. The van der Waals surface area contributed by atoms with E-state index in [1.165, 1.54) is 61.2 Å². The maximum Gasteiger partial charge on any atom is 0.144 e. The molecule has 0 bridgehead atoms. The van der Waals surface area contributed by atoms with E-state index in [9.17, 15) is 0 Å². The van der Waals surface area contributed by atoms with Gasteiger partial charge in [0, 0.05) is 33.7 Å². The molecule has 2 nitrogen and oxygen atoms in total. The van der Waals surface area contributed by atoms with E-state index in [1.807, 2.05) is 12.1 Å². The minimum absolute atomic E-state index is 0.0205. The summed E-state index contributed by atoms with van der Waals surface area (Å²) in [4.78, 5) is 5.26. The molecule has 0 N–H and O–H groups in total. The molecule has 2 aromatic heterocycles. The van der Waals surface area contributed by atoms with Crippen molar-refractivity contribution in [3.05, 3.63) is 162 Å². The Morgan fingerprint density at radius 3 is 2.15 bits per heavy atom. The van der Waals surface area contributed by atoms with Crippen molar-refractivity contribution in [2.45, 2.75) is 25.7 Å². The topological polar surface area (TPSA) is 26.0 Å². The summed E-state index contributed by atoms with van der Waals surface area (Å²) in [5.41, 5.74) is 19.3. The van der Waals surface area contributed by atoms with Crippen LogP contribution in [0, 0.1) is 0 Å². The molecule has 0 fully saturated rings. The van der Waals surface area contributed by atoms with Crippen LogP contribution in [-0.4, -0.2) is 4.98 Å². The Balaban J connectivity index is 1.02. The van der Waals surface area contributed by atoms with Crippen LogP contribution in [0.1, 0.15) is 36.2 Å². The highest BCUT2D eigenvalue weighted by Crippen LogP contribution is 2.50. The van der Waals surface area contributed by atoms with Gasteiger partial charge in [0.25, 0.3) is 0 Å². The van der Waals surface area contributed by atoms with Gasteiger partial charge in [-0.25, -0.2) is 0 Å². The highest BCUT2D eigenvalue weighted by Gasteiger charge is 2.35. The van der Waals surface area contributed by atoms with E-state index in [0.717, 1.165) is 45.3 Å². The Morgan fingerprint density at radius 2 is 1.19 bits per heavy atom. The molecule has 47 heavy (non-hydrogen) atoms. The van der Waals surface area contributed by atoms with Crippen LogP contribution in [0.4, 0.5) is 0 Å². The van der Waals surface area contributed by atoms with E-state index in [-0.39, 0.29) is 5.41 Å². The quantitative estimate of drug-likeness (QED) is 0.201. The molecule has 2 aliphatic carbocycles. The lowest BCUT2D eigenvalue weighted by Gasteiger charge is -2.22. The minimum Gasteiger partial charge on any atom is -0.455 e. The summed E-state index contributed by atoms with van der Waals surface area (Å²) in [6.45, 7) is 4.69. The minimum atomic E-state index is -0.0205. The molecular weight excluding hydrogens is 571 g/mol. The summed E-state index contributed by atoms with van der Waals surface area (Å²) >= 11 is 0. The van der Waals surface area contributed by atoms with Crippen LogP contribution in [0.2, 0.25) is 0 Å². The molecule has 2 aliphatic rings. The van der Waals surface area contributed by atoms with Gasteiger partial charge in [-0.15, -0.1) is 0 Å². The molecule has 6 aromatic carbocycles. The summed E-state index contributed by atoms with van der Waals surface area (Å²) in [6.07, 6.45) is 0.806. The Bertz CT molecular complexity index is 2580. The normalized spacial score (nSPS) is 13.8. The van der Waals surface area contributed by atoms with E-state index >= 15 is 0 Å². The van der Waals surface area contributed by atoms with E-state index in [0.29, 0.717) is 0 Å². The first-order valence-corrected chi connectivity index (χ1v) is 16.4. The molecule has 0 amide bonds. The lowest BCUT2D eigenvalue weighted by atomic mass is 9.81. The van der Waals surface area contributed by atoms with Gasteiger partial charge in [-0.3, -0.25) is 4.98 Å². The average molecular weight is 602 g/mol. The number of fused-ring (bicyclic) bond motifs is 9. The molecule has 0 spiro atoms. The molecule has 0 saturated heterocycles. The molecular formula is C45H31NO. The third-order valence-electron chi connectivity index (χ3n) is 10.6. The first-order valence-electron chi connectivity index (χ1n) is 16.4. The number of aromatic nitrogens is 1. The maximum absolute atomic E-state index is 6.36. The third kappa shape index (κ3) is 3.82. The molecule has 8 aromatic rings. The zero-order valence-corrected chi connectivity index (χ0v) is 26.3. The van der Waals surface area contributed by atoms with Gasteiger partial charge in [0.05, 0.1) is 11.4 Å². The zero-order valence-electron chi connectivity index (χ0n) is 26.3. The summed E-state index contributed by atoms with van der Waals surface area (Å²) in [5.74, 6) is 0. The summed E-state index contributed by atoms with van der Waals surface area (Å²) in [5, 5.41) is 2.26. The molecule has 2 heteroatoms. The molecule has 10 rings (SSSR count). The highest BCUT2D eigenvalue weighted by atomic mass is 16.3. The van der Waals surface area contributed by atoms with Crippen molar-refractivity contribution in [1.29, 1.82) is 0 Å². The lowest BCUT2D eigenvalue weighted by Crippen LogP contribution is -2.14. The fraction of sp³-hybridized carbons (Fsp3) is 0.0889. The predicted octanol–water partition coefficient (Wildman–Crippen LogP) is 11.9. The van der Waals surface area contributed by atoms with Gasteiger partial charge in [0.2, 0.25) is 0 Å². The summed E-state index contributed by atoms with van der Waals surface area (Å²) < 4.78 is 6.36. The number of para-hydroxylation sites is 2. The molecule has 0 radical (unpaired) electrons. The Labute approximate surface area is 274 Å². The van der Waals surface area contributed by atoms with E-state index in [4.69, 9.17) is 9.40 Å². The fourth-order valence-electron chi connectivity index (χ4n) is 8.20. The van der Waals surface area contributed by atoms with Crippen molar-refractivity contribution in [2.24, 2.45) is 0 Å². The number of rotatable bonds is 3. The Kier molecular flexibility index (Phi) is 5.43. The van der Waals surface area contributed by atoms with Gasteiger partial charge in [-0.1, -0.05) is 123 Å². The van der Waals surface area contributed by atoms with Crippen molar-refractivity contribution in [3.8, 4) is 55.8 Å². The van der Waals surface area contributed by atoms with E-state index in [1.54, 1.807) is 0 Å². The second kappa shape index (κ2) is 9.64. The fourth-order valence-corrected chi connectivity index (χ4v) is 8.20. The van der Waals surface area contributed by atoms with Gasteiger partial charge < -0.3 is 4.42 Å². The van der Waals surface area contributed by atoms with Crippen LogP contribution in [0.15, 0.2) is 144 Å². The van der Waals surface area contributed by atoms with Crippen LogP contribution in [0.25, 0.3) is 77.7 Å². The number of furan rings is 1. The average Bonchev–Trinajstić information content (AvgIpc) is 3.76. The predicted molar refractivity (Wildman–Crippen MR) is 194 cm³/mol. The first-order chi connectivity index (χ1) is 23.0. The van der Waals surface area contributed by atoms with Crippen LogP contribution in [0.3, 0.4) is 0 Å². The van der Waals surface area contributed by atoms with E-state index < -0.39 is 0 Å². The molecule has 0 saturated carbocycles. The summed E-state index contributed by atoms with van der Waals surface area (Å²) in [6, 6.07) is 50.6. The van der Waals surface area contributed by atoms with Crippen molar-refractivity contribution < 1.29 is 4.42 Å². The van der Waals surface area contributed by atoms with Gasteiger partial charge in [0.15, 0.2) is 0 Å². The molecule has 0 aliphatic heterocycles. The molecule has 222 valence electrons. The van der Waals surface area contributed by atoms with Crippen LogP contribution >= 0.6 is 0 Å². The molecule has 2 heterocycles. The SMILES string of the molecule is CC1(C)c2ccccc2-c2ccc(-c3cccc(-c4cccc5c4Cc4nc(-c6cccc7c6oc6ccccc67)ccc4-5)c3)cc21. The Hall–Kier alpha value is -5.73. The van der Waals surface area contributed by atoms with Gasteiger partial charge in [-0.2, -0.15) is 0 Å². The molecule has 0 atom stereocenters.